The average molecular weight is 325 g/mol. The Bertz CT molecular complexity index is 801. The molecule has 0 aliphatic rings. The van der Waals surface area contributed by atoms with Crippen molar-refractivity contribution in [3.05, 3.63) is 28.7 Å². The number of aromatic nitrogens is 3. The molecule has 22 heavy (non-hydrogen) atoms. The van der Waals surface area contributed by atoms with Crippen LogP contribution in [0.3, 0.4) is 0 Å². The van der Waals surface area contributed by atoms with Gasteiger partial charge in [0.1, 0.15) is 5.52 Å². The van der Waals surface area contributed by atoms with Crippen LogP contribution < -0.4 is 15.6 Å². The summed E-state index contributed by atoms with van der Waals surface area (Å²) in [6, 6.07) is 3.35. The summed E-state index contributed by atoms with van der Waals surface area (Å²) in [5.41, 5.74) is 0.201. The summed E-state index contributed by atoms with van der Waals surface area (Å²) in [5.74, 6) is 0.474. The molecule has 0 atom stereocenters. The lowest BCUT2D eigenvalue weighted by Gasteiger charge is -2.10. The van der Waals surface area contributed by atoms with Gasteiger partial charge < -0.3 is 5.32 Å². The predicted octanol–water partition coefficient (Wildman–Crippen LogP) is 0.448. The summed E-state index contributed by atoms with van der Waals surface area (Å²) < 4.78 is 25.7. The largest absolute Gasteiger partial charge is 0.367 e. The van der Waals surface area contributed by atoms with Crippen LogP contribution >= 0.6 is 0 Å². The van der Waals surface area contributed by atoms with Crippen LogP contribution in [0.4, 0.5) is 5.82 Å². The number of H-pyrrole nitrogens is 1. The van der Waals surface area contributed by atoms with E-state index in [4.69, 9.17) is 0 Å². The molecule has 0 saturated carbocycles. The minimum absolute atomic E-state index is 0.293. The van der Waals surface area contributed by atoms with E-state index in [0.717, 1.165) is 0 Å². The van der Waals surface area contributed by atoms with E-state index >= 15 is 0 Å². The molecule has 3 N–H and O–H groups in total. The molecule has 120 valence electrons. The fraction of sp³-hybridized carbons (Fsp3) is 0.462. The maximum atomic E-state index is 11.6. The number of nitrogens with one attached hydrogen (secondary N) is 3. The van der Waals surface area contributed by atoms with Crippen molar-refractivity contribution in [3.8, 4) is 0 Å². The van der Waals surface area contributed by atoms with Gasteiger partial charge >= 0.3 is 0 Å². The van der Waals surface area contributed by atoms with Gasteiger partial charge in [0.05, 0.1) is 10.6 Å². The Morgan fingerprint density at radius 3 is 2.82 bits per heavy atom. The Morgan fingerprint density at radius 1 is 1.32 bits per heavy atom. The quantitative estimate of drug-likeness (QED) is 0.636. The van der Waals surface area contributed by atoms with Crippen LogP contribution in [0.2, 0.25) is 0 Å². The van der Waals surface area contributed by atoms with Gasteiger partial charge in [-0.1, -0.05) is 0 Å². The SMILES string of the molecule is CC(C)S(=O)(=O)NCCCNc1n[nH]c(=O)c2cccnc12. The monoisotopic (exact) mass is 325 g/mol. The number of hydrogen-bond acceptors (Lipinski definition) is 6. The first-order valence-electron chi connectivity index (χ1n) is 6.97. The van der Waals surface area contributed by atoms with Gasteiger partial charge in [-0.2, -0.15) is 5.10 Å². The molecule has 0 aliphatic carbocycles. The summed E-state index contributed by atoms with van der Waals surface area (Å²) in [7, 11) is -3.24. The van der Waals surface area contributed by atoms with E-state index in [1.807, 2.05) is 0 Å². The first-order valence-corrected chi connectivity index (χ1v) is 8.52. The highest BCUT2D eigenvalue weighted by Crippen LogP contribution is 2.13. The first-order chi connectivity index (χ1) is 10.4. The van der Waals surface area contributed by atoms with Crippen molar-refractivity contribution in [3.63, 3.8) is 0 Å². The van der Waals surface area contributed by atoms with Gasteiger partial charge in [-0.3, -0.25) is 9.78 Å². The molecule has 2 rings (SSSR count). The summed E-state index contributed by atoms with van der Waals surface area (Å²) in [6.07, 6.45) is 2.17. The number of rotatable bonds is 7. The van der Waals surface area contributed by atoms with E-state index in [1.54, 1.807) is 32.2 Å². The summed E-state index contributed by atoms with van der Waals surface area (Å²) in [6.45, 7) is 4.10. The molecule has 0 aromatic carbocycles. The number of anilines is 1. The molecule has 2 aromatic heterocycles. The summed E-state index contributed by atoms with van der Waals surface area (Å²) in [4.78, 5) is 15.8. The van der Waals surface area contributed by atoms with Crippen LogP contribution in [0, 0.1) is 0 Å². The average Bonchev–Trinajstić information content (AvgIpc) is 2.49. The highest BCUT2D eigenvalue weighted by atomic mass is 32.2. The van der Waals surface area contributed by atoms with Crippen molar-refractivity contribution in [2.45, 2.75) is 25.5 Å². The van der Waals surface area contributed by atoms with Gasteiger partial charge in [0.25, 0.3) is 5.56 Å². The third-order valence-corrected chi connectivity index (χ3v) is 4.96. The fourth-order valence-corrected chi connectivity index (χ4v) is 2.56. The van der Waals surface area contributed by atoms with Gasteiger partial charge in [0, 0.05) is 19.3 Å². The van der Waals surface area contributed by atoms with E-state index in [-0.39, 0.29) is 5.56 Å². The second-order valence-corrected chi connectivity index (χ2v) is 7.39. The predicted molar refractivity (Wildman–Crippen MR) is 85.3 cm³/mol. The van der Waals surface area contributed by atoms with Crippen molar-refractivity contribution in [1.29, 1.82) is 0 Å². The number of fused-ring (bicyclic) bond motifs is 1. The van der Waals surface area contributed by atoms with Crippen LogP contribution in [0.15, 0.2) is 23.1 Å². The lowest BCUT2D eigenvalue weighted by atomic mass is 10.3. The minimum atomic E-state index is -3.24. The van der Waals surface area contributed by atoms with Crippen LogP contribution in [0.25, 0.3) is 10.9 Å². The van der Waals surface area contributed by atoms with Crippen LogP contribution in [0.1, 0.15) is 20.3 Å². The molecular weight excluding hydrogens is 306 g/mol. The molecule has 8 nitrogen and oxygen atoms in total. The molecule has 0 bridgehead atoms. The Hall–Kier alpha value is -2.00. The molecule has 0 saturated heterocycles. The van der Waals surface area contributed by atoms with Crippen LogP contribution in [-0.4, -0.2) is 41.9 Å². The number of pyridine rings is 1. The number of aromatic amines is 1. The Balaban J connectivity index is 1.94. The zero-order chi connectivity index (χ0) is 16.2. The molecular formula is C13H19N5O3S. The molecule has 9 heteroatoms. The Kier molecular flexibility index (Phi) is 5.09. The standard InChI is InChI=1S/C13H19N5O3S/c1-9(2)22(20,21)16-8-4-7-15-12-11-10(5-3-6-14-11)13(19)18-17-12/h3,5-6,9,16H,4,7-8H2,1-2H3,(H,15,17)(H,18,19). The zero-order valence-electron chi connectivity index (χ0n) is 12.5. The molecule has 0 unspecified atom stereocenters. The molecule has 0 spiro atoms. The van der Waals surface area contributed by atoms with E-state index < -0.39 is 15.3 Å². The topological polar surface area (TPSA) is 117 Å². The molecule has 2 heterocycles. The van der Waals surface area contributed by atoms with Crippen LogP contribution in [-0.2, 0) is 10.0 Å². The van der Waals surface area contributed by atoms with Crippen molar-refractivity contribution in [2.75, 3.05) is 18.4 Å². The minimum Gasteiger partial charge on any atom is -0.367 e. The van der Waals surface area contributed by atoms with E-state index in [0.29, 0.717) is 36.2 Å². The smallest absolute Gasteiger partial charge is 0.273 e. The van der Waals surface area contributed by atoms with Gasteiger partial charge in [-0.25, -0.2) is 18.2 Å². The van der Waals surface area contributed by atoms with Gasteiger partial charge in [0.15, 0.2) is 5.82 Å². The number of hydrogen-bond donors (Lipinski definition) is 3. The van der Waals surface area contributed by atoms with E-state index in [2.05, 4.69) is 25.2 Å². The molecule has 0 aliphatic heterocycles. The van der Waals surface area contributed by atoms with Crippen molar-refractivity contribution < 1.29 is 8.42 Å². The number of nitrogens with zero attached hydrogens (tertiary/aromatic N) is 2. The zero-order valence-corrected chi connectivity index (χ0v) is 13.3. The fourth-order valence-electron chi connectivity index (χ4n) is 1.80. The van der Waals surface area contributed by atoms with E-state index in [1.165, 1.54) is 0 Å². The number of sulfonamides is 1. The Morgan fingerprint density at radius 2 is 2.09 bits per heavy atom. The molecule has 0 radical (unpaired) electrons. The third-order valence-electron chi connectivity index (χ3n) is 3.12. The Labute approximate surface area is 128 Å². The van der Waals surface area contributed by atoms with Gasteiger partial charge in [-0.05, 0) is 32.4 Å². The van der Waals surface area contributed by atoms with Crippen molar-refractivity contribution >= 4 is 26.7 Å². The summed E-state index contributed by atoms with van der Waals surface area (Å²) >= 11 is 0. The lowest BCUT2D eigenvalue weighted by Crippen LogP contribution is -2.32. The highest BCUT2D eigenvalue weighted by molar-refractivity contribution is 7.90. The molecule has 2 aromatic rings. The molecule has 0 fully saturated rings. The first kappa shape index (κ1) is 16.4. The lowest BCUT2D eigenvalue weighted by molar-refractivity contribution is 0.571. The molecule has 0 amide bonds. The van der Waals surface area contributed by atoms with Crippen LogP contribution in [0.5, 0.6) is 0 Å². The van der Waals surface area contributed by atoms with Crippen molar-refractivity contribution in [1.82, 2.24) is 19.9 Å². The third kappa shape index (κ3) is 3.80. The van der Waals surface area contributed by atoms with E-state index in [9.17, 15) is 13.2 Å². The van der Waals surface area contributed by atoms with Gasteiger partial charge in [-0.15, -0.1) is 0 Å². The second-order valence-electron chi connectivity index (χ2n) is 5.07. The second kappa shape index (κ2) is 6.84. The maximum absolute atomic E-state index is 11.6. The van der Waals surface area contributed by atoms with Gasteiger partial charge in [0.2, 0.25) is 10.0 Å². The summed E-state index contributed by atoms with van der Waals surface area (Å²) in [5, 5.41) is 9.40. The normalized spacial score (nSPS) is 12.0. The maximum Gasteiger partial charge on any atom is 0.273 e. The van der Waals surface area contributed by atoms with Crippen molar-refractivity contribution in [2.24, 2.45) is 0 Å². The highest BCUT2D eigenvalue weighted by Gasteiger charge is 2.14.